The number of pyridine rings is 1. The lowest BCUT2D eigenvalue weighted by Crippen LogP contribution is -2.66. The Labute approximate surface area is 445 Å². The van der Waals surface area contributed by atoms with Gasteiger partial charge in [-0.1, -0.05) is 44.5 Å². The molecule has 2 spiro atoms. The summed E-state index contributed by atoms with van der Waals surface area (Å²) >= 11 is 6.49. The van der Waals surface area contributed by atoms with Crippen molar-refractivity contribution in [1.29, 1.82) is 0 Å². The van der Waals surface area contributed by atoms with Gasteiger partial charge in [0.15, 0.2) is 0 Å². The summed E-state index contributed by atoms with van der Waals surface area (Å²) in [5.41, 5.74) is 6.67. The summed E-state index contributed by atoms with van der Waals surface area (Å²) in [6.45, 7) is 11.8. The van der Waals surface area contributed by atoms with Gasteiger partial charge in [-0.15, -0.1) is 0 Å². The normalized spacial score (nSPS) is 31.7. The monoisotopic (exact) mass is 1070 g/mol. The zero-order valence-corrected chi connectivity index (χ0v) is 44.3. The summed E-state index contributed by atoms with van der Waals surface area (Å²) in [6, 6.07) is 10.0. The molecule has 7 heterocycles. The van der Waals surface area contributed by atoms with Crippen molar-refractivity contribution in [2.45, 2.75) is 158 Å². The number of nitrogens with zero attached hydrogens (tertiary/aromatic N) is 6. The average molecular weight is 1070 g/mol. The van der Waals surface area contributed by atoms with E-state index in [2.05, 4.69) is 62.1 Å². The van der Waals surface area contributed by atoms with Crippen LogP contribution < -0.4 is 21.3 Å². The molecule has 19 heteroatoms. The van der Waals surface area contributed by atoms with Gasteiger partial charge in [-0.25, -0.2) is 4.39 Å². The first kappa shape index (κ1) is 51.4. The second-order valence-corrected chi connectivity index (χ2v) is 25.7. The van der Waals surface area contributed by atoms with Crippen LogP contribution in [-0.4, -0.2) is 130 Å². The number of carbonyl (C=O) groups is 5. The van der Waals surface area contributed by atoms with Crippen molar-refractivity contribution in [2.24, 2.45) is 22.0 Å². The van der Waals surface area contributed by atoms with E-state index in [1.165, 1.54) is 12.3 Å². The van der Waals surface area contributed by atoms with Gasteiger partial charge < -0.3 is 25.8 Å². The van der Waals surface area contributed by atoms with Gasteiger partial charge in [0.1, 0.15) is 17.6 Å². The second kappa shape index (κ2) is 18.1. The number of carbonyl (C=O) groups excluding carboxylic acids is 5. The molecule has 1 aromatic heterocycles. The van der Waals surface area contributed by atoms with Gasteiger partial charge in [0.25, 0.3) is 5.91 Å². The number of amides is 5. The maximum atomic E-state index is 16.7. The molecule has 8 fully saturated rings. The fourth-order valence-corrected chi connectivity index (χ4v) is 16.4. The number of anilines is 2. The number of alkyl halides is 3. The number of nitrogens with two attached hydrogens (primary N) is 1. The Balaban J connectivity index is 0.706. The summed E-state index contributed by atoms with van der Waals surface area (Å²) in [4.78, 5) is 81.8. The van der Waals surface area contributed by atoms with Crippen LogP contribution in [0.2, 0.25) is 5.02 Å². The van der Waals surface area contributed by atoms with Gasteiger partial charge in [-0.05, 0) is 129 Å². The van der Waals surface area contributed by atoms with E-state index in [0.717, 1.165) is 82.3 Å². The Bertz CT molecular complexity index is 2880. The molecule has 2 aromatic carbocycles. The third kappa shape index (κ3) is 8.21. The van der Waals surface area contributed by atoms with E-state index in [4.69, 9.17) is 17.3 Å². The number of fused-ring (bicyclic) bond motifs is 6. The molecule has 4 saturated carbocycles. The SMILES string of the molecule is CC(C)(C)C[C@@H]1N(C23CCC(C(=O)N4CCC5(CC4)CC(N4CCN(c6ccc7c(c6)CN(C6CCC(=O)NC6=O)C7=O)CC4)C5)(CC2)CC3)[C@@H](C(N)=O)[C@H](c2cccc(Cl)c2F)[C@]12CNc1cc(C(F)(F)F)ncc12. The maximum Gasteiger partial charge on any atom is 0.433 e. The first-order chi connectivity index (χ1) is 36.0. The number of rotatable bonds is 8. The number of hydrogen-bond acceptors (Lipinski definition) is 10. The highest BCUT2D eigenvalue weighted by Crippen LogP contribution is 2.66. The van der Waals surface area contributed by atoms with E-state index in [1.54, 1.807) is 17.0 Å². The number of piperazine rings is 1. The van der Waals surface area contributed by atoms with Crippen LogP contribution in [0.1, 0.15) is 143 Å². The second-order valence-electron chi connectivity index (χ2n) is 25.3. The third-order valence-corrected chi connectivity index (χ3v) is 20.4. The minimum absolute atomic E-state index is 0.122. The van der Waals surface area contributed by atoms with Crippen molar-refractivity contribution in [1.82, 2.24) is 29.9 Å². The van der Waals surface area contributed by atoms with Gasteiger partial charge in [0.2, 0.25) is 23.6 Å². The van der Waals surface area contributed by atoms with Crippen LogP contribution in [0.3, 0.4) is 0 Å². The molecule has 6 aliphatic heterocycles. The number of hydrogen-bond donors (Lipinski definition) is 3. The Morgan fingerprint density at radius 2 is 1.59 bits per heavy atom. The predicted molar refractivity (Wildman–Crippen MR) is 277 cm³/mol. The van der Waals surface area contributed by atoms with E-state index in [0.29, 0.717) is 75.1 Å². The molecule has 0 radical (unpaired) electrons. The number of primary amides is 1. The average Bonchev–Trinajstić information content (AvgIpc) is 4.17. The van der Waals surface area contributed by atoms with E-state index < -0.39 is 69.9 Å². The van der Waals surface area contributed by atoms with Crippen LogP contribution in [-0.2, 0) is 37.3 Å². The molecule has 5 amide bonds. The smallest absolute Gasteiger partial charge is 0.384 e. The summed E-state index contributed by atoms with van der Waals surface area (Å²) in [6.07, 6.45) is 5.59. The molecule has 3 aromatic rings. The Hall–Kier alpha value is -5.33. The molecule has 76 heavy (non-hydrogen) atoms. The molecule has 4 aliphatic carbocycles. The fourth-order valence-electron chi connectivity index (χ4n) is 16.2. The lowest BCUT2D eigenvalue weighted by atomic mass is 9.55. The predicted octanol–water partition coefficient (Wildman–Crippen LogP) is 7.76. The highest BCUT2D eigenvalue weighted by atomic mass is 35.5. The molecule has 4 saturated heterocycles. The van der Waals surface area contributed by atoms with E-state index in [1.807, 2.05) is 12.1 Å². The van der Waals surface area contributed by atoms with Crippen LogP contribution in [0.5, 0.6) is 0 Å². The standard InChI is InChI=1S/C57H68ClF4N9O5/c1-52(2,3)29-43-56(32-65-40-26-42(57(60,61)62)64-30-38(40)56)45(37-5-4-6-39(58)46(37)59)47(48(63)73)71(43)55-14-11-54(12-15-55,13-16-55)51(76)69-19-17-53(18-20-69)27-35(28-53)68-23-21-67(22-24-68)34-7-8-36-33(25-34)31-70(50(36)75)41-9-10-44(72)66-49(41)74/h4-8,25-26,30,35,41,43,45,47,65H,9-24,27-29,31-32H2,1-3H3,(H2,63,73)(H,66,72,74)/t41?,43-,45-,47+,54?,55?,56-/m0/s1. The van der Waals surface area contributed by atoms with Gasteiger partial charge in [0.05, 0.1) is 11.1 Å². The number of halogens is 5. The molecule has 2 bridgehead atoms. The van der Waals surface area contributed by atoms with Crippen LogP contribution in [0, 0.1) is 22.1 Å². The maximum absolute atomic E-state index is 16.7. The largest absolute Gasteiger partial charge is 0.433 e. The molecule has 14 nitrogen and oxygen atoms in total. The van der Waals surface area contributed by atoms with Gasteiger partial charge in [-0.3, -0.25) is 44.1 Å². The molecule has 1 unspecified atom stereocenters. The number of benzene rings is 2. The zero-order valence-electron chi connectivity index (χ0n) is 43.5. The highest BCUT2D eigenvalue weighted by Gasteiger charge is 2.70. The molecule has 13 rings (SSSR count). The Kier molecular flexibility index (Phi) is 12.3. The van der Waals surface area contributed by atoms with Gasteiger partial charge >= 0.3 is 6.18 Å². The van der Waals surface area contributed by atoms with Crippen LogP contribution >= 0.6 is 11.6 Å². The Morgan fingerprint density at radius 3 is 2.24 bits per heavy atom. The van der Waals surface area contributed by atoms with Crippen molar-refractivity contribution in [3.05, 3.63) is 87.4 Å². The minimum atomic E-state index is -4.69. The van der Waals surface area contributed by atoms with Crippen LogP contribution in [0.25, 0.3) is 0 Å². The van der Waals surface area contributed by atoms with Crippen LogP contribution in [0.15, 0.2) is 48.7 Å². The summed E-state index contributed by atoms with van der Waals surface area (Å²) in [7, 11) is 0. The fraction of sp³-hybridized carbons (Fsp3) is 0.614. The number of nitrogens with one attached hydrogen (secondary N) is 2. The topological polar surface area (TPSA) is 165 Å². The van der Waals surface area contributed by atoms with Crippen molar-refractivity contribution in [3.8, 4) is 0 Å². The van der Waals surface area contributed by atoms with E-state index in [-0.39, 0.29) is 57.8 Å². The first-order valence-electron chi connectivity index (χ1n) is 27.4. The van der Waals surface area contributed by atoms with Gasteiger partial charge in [-0.2, -0.15) is 13.2 Å². The molecule has 10 aliphatic rings. The molecular formula is C57H68ClF4N9O5. The molecule has 4 N–H and O–H groups in total. The van der Waals surface area contributed by atoms with Crippen molar-refractivity contribution < 1.29 is 41.5 Å². The van der Waals surface area contributed by atoms with Gasteiger partial charge in [0, 0.05) is 122 Å². The summed E-state index contributed by atoms with van der Waals surface area (Å²) < 4.78 is 59.1. The van der Waals surface area contributed by atoms with Crippen molar-refractivity contribution in [2.75, 3.05) is 56.0 Å². The van der Waals surface area contributed by atoms with Crippen LogP contribution in [0.4, 0.5) is 28.9 Å². The van der Waals surface area contributed by atoms with Crippen molar-refractivity contribution in [3.63, 3.8) is 0 Å². The number of imide groups is 1. The minimum Gasteiger partial charge on any atom is -0.384 e. The molecular weight excluding hydrogens is 1000 g/mol. The number of likely N-dealkylation sites (tertiary alicyclic amines) is 2. The van der Waals surface area contributed by atoms with E-state index in [9.17, 15) is 37.1 Å². The highest BCUT2D eigenvalue weighted by molar-refractivity contribution is 6.30. The quantitative estimate of drug-likeness (QED) is 0.150. The Morgan fingerprint density at radius 1 is 0.895 bits per heavy atom. The molecule has 5 atom stereocenters. The summed E-state index contributed by atoms with van der Waals surface area (Å²) in [5, 5.41) is 5.53. The summed E-state index contributed by atoms with van der Waals surface area (Å²) in [5.74, 6) is -2.90. The number of aromatic nitrogens is 1. The lowest BCUT2D eigenvalue weighted by molar-refractivity contribution is -0.162. The first-order valence-corrected chi connectivity index (χ1v) is 27.8. The lowest BCUT2D eigenvalue weighted by Gasteiger charge is -2.60. The molecule has 406 valence electrons. The van der Waals surface area contributed by atoms with Crippen molar-refractivity contribution >= 4 is 52.5 Å². The zero-order chi connectivity index (χ0) is 53.5. The van der Waals surface area contributed by atoms with E-state index >= 15 is 4.39 Å². The third-order valence-electron chi connectivity index (χ3n) is 20.1. The number of piperidine rings is 2.